The molecule has 23 heavy (non-hydrogen) atoms. The van der Waals surface area contributed by atoms with E-state index in [1.807, 2.05) is 7.05 Å². The van der Waals surface area contributed by atoms with Gasteiger partial charge in [-0.15, -0.1) is 0 Å². The van der Waals surface area contributed by atoms with Gasteiger partial charge in [-0.1, -0.05) is 11.6 Å². The smallest absolute Gasteiger partial charge is 0.244 e. The van der Waals surface area contributed by atoms with E-state index >= 15 is 0 Å². The van der Waals surface area contributed by atoms with Crippen molar-refractivity contribution in [2.45, 2.75) is 30.6 Å². The number of sulfonamides is 1. The SMILES string of the molecule is CNCCCC(=O)Nc1ccc(Cl)c(S(=O)(=O)N2CCCC2)c1. The van der Waals surface area contributed by atoms with Gasteiger partial charge in [0.2, 0.25) is 15.9 Å². The summed E-state index contributed by atoms with van der Waals surface area (Å²) in [6, 6.07) is 4.56. The lowest BCUT2D eigenvalue weighted by molar-refractivity contribution is -0.116. The van der Waals surface area contributed by atoms with E-state index in [2.05, 4.69) is 10.6 Å². The maximum absolute atomic E-state index is 12.6. The Bertz CT molecular complexity index is 658. The normalized spacial score (nSPS) is 15.7. The van der Waals surface area contributed by atoms with Gasteiger partial charge in [-0.05, 0) is 51.1 Å². The predicted molar refractivity (Wildman–Crippen MR) is 91.2 cm³/mol. The second-order valence-corrected chi connectivity index (χ2v) is 7.83. The van der Waals surface area contributed by atoms with Crippen LogP contribution < -0.4 is 10.6 Å². The van der Waals surface area contributed by atoms with Gasteiger partial charge in [0.1, 0.15) is 4.90 Å². The zero-order chi connectivity index (χ0) is 16.9. The number of anilines is 1. The lowest BCUT2D eigenvalue weighted by atomic mass is 10.2. The summed E-state index contributed by atoms with van der Waals surface area (Å²) in [7, 11) is -1.78. The van der Waals surface area contributed by atoms with Crippen LogP contribution in [0.3, 0.4) is 0 Å². The fraction of sp³-hybridized carbons (Fsp3) is 0.533. The minimum absolute atomic E-state index is 0.0501. The molecular weight excluding hydrogens is 338 g/mol. The van der Waals surface area contributed by atoms with E-state index in [9.17, 15) is 13.2 Å². The lowest BCUT2D eigenvalue weighted by Gasteiger charge is -2.17. The van der Waals surface area contributed by atoms with E-state index in [0.29, 0.717) is 25.2 Å². The Morgan fingerprint density at radius 2 is 2.00 bits per heavy atom. The average molecular weight is 360 g/mol. The summed E-state index contributed by atoms with van der Waals surface area (Å²) < 4.78 is 26.7. The molecule has 0 spiro atoms. The van der Waals surface area contributed by atoms with Crippen molar-refractivity contribution in [3.05, 3.63) is 23.2 Å². The first kappa shape index (κ1) is 18.2. The number of hydrogen-bond acceptors (Lipinski definition) is 4. The quantitative estimate of drug-likeness (QED) is 0.730. The molecule has 128 valence electrons. The molecule has 0 bridgehead atoms. The minimum atomic E-state index is -3.61. The number of nitrogens with one attached hydrogen (secondary N) is 2. The van der Waals surface area contributed by atoms with Crippen molar-refractivity contribution in [3.63, 3.8) is 0 Å². The van der Waals surface area contributed by atoms with Crippen LogP contribution in [0.1, 0.15) is 25.7 Å². The molecule has 0 radical (unpaired) electrons. The van der Waals surface area contributed by atoms with Gasteiger partial charge in [-0.3, -0.25) is 4.79 Å². The van der Waals surface area contributed by atoms with Crippen LogP contribution in [0.15, 0.2) is 23.1 Å². The van der Waals surface area contributed by atoms with Gasteiger partial charge < -0.3 is 10.6 Å². The van der Waals surface area contributed by atoms with Gasteiger partial charge in [0.25, 0.3) is 0 Å². The van der Waals surface area contributed by atoms with Gasteiger partial charge in [0, 0.05) is 25.2 Å². The molecule has 0 unspecified atom stereocenters. The molecule has 0 saturated carbocycles. The lowest BCUT2D eigenvalue weighted by Crippen LogP contribution is -2.28. The summed E-state index contributed by atoms with van der Waals surface area (Å²) in [4.78, 5) is 11.9. The monoisotopic (exact) mass is 359 g/mol. The van der Waals surface area contributed by atoms with Crippen LogP contribution in [0.4, 0.5) is 5.69 Å². The average Bonchev–Trinajstić information content (AvgIpc) is 3.04. The molecule has 1 amide bonds. The summed E-state index contributed by atoms with van der Waals surface area (Å²) in [5.41, 5.74) is 0.446. The second-order valence-electron chi connectivity index (χ2n) is 5.51. The minimum Gasteiger partial charge on any atom is -0.326 e. The molecule has 1 aromatic rings. The largest absolute Gasteiger partial charge is 0.326 e. The maximum Gasteiger partial charge on any atom is 0.244 e. The van der Waals surface area contributed by atoms with Crippen LogP contribution in [0, 0.1) is 0 Å². The number of carbonyl (C=O) groups is 1. The Balaban J connectivity index is 2.14. The number of hydrogen-bond donors (Lipinski definition) is 2. The predicted octanol–water partition coefficient (Wildman–Crippen LogP) is 2.06. The Morgan fingerprint density at radius 3 is 2.65 bits per heavy atom. The number of nitrogens with zero attached hydrogens (tertiary/aromatic N) is 1. The highest BCUT2D eigenvalue weighted by Crippen LogP contribution is 2.29. The highest BCUT2D eigenvalue weighted by molar-refractivity contribution is 7.89. The number of benzene rings is 1. The molecule has 2 N–H and O–H groups in total. The van der Waals surface area contributed by atoms with Crippen molar-refractivity contribution >= 4 is 33.2 Å². The van der Waals surface area contributed by atoms with Crippen LogP contribution in [0.25, 0.3) is 0 Å². The van der Waals surface area contributed by atoms with E-state index in [-0.39, 0.29) is 15.8 Å². The molecule has 0 aliphatic carbocycles. The molecule has 0 atom stereocenters. The maximum atomic E-state index is 12.6. The number of carbonyl (C=O) groups excluding carboxylic acids is 1. The first-order chi connectivity index (χ1) is 10.9. The molecule has 1 fully saturated rings. The standard InChI is InChI=1S/C15H22ClN3O3S/c1-17-8-4-5-15(20)18-12-6-7-13(16)14(11-12)23(21,22)19-9-2-3-10-19/h6-7,11,17H,2-5,8-10H2,1H3,(H,18,20). The number of amides is 1. The van der Waals surface area contributed by atoms with Gasteiger partial charge in [0.05, 0.1) is 5.02 Å². The molecule has 8 heteroatoms. The summed E-state index contributed by atoms with van der Waals surface area (Å²) in [5.74, 6) is -0.146. The van der Waals surface area contributed by atoms with Gasteiger partial charge in [0.15, 0.2) is 0 Å². The van der Waals surface area contributed by atoms with Crippen molar-refractivity contribution in [1.82, 2.24) is 9.62 Å². The van der Waals surface area contributed by atoms with Crippen molar-refractivity contribution in [1.29, 1.82) is 0 Å². The van der Waals surface area contributed by atoms with Crippen LogP contribution in [-0.2, 0) is 14.8 Å². The molecule has 0 aromatic heterocycles. The summed E-state index contributed by atoms with van der Waals surface area (Å²) in [6.45, 7) is 1.78. The van der Waals surface area contributed by atoms with E-state index in [1.165, 1.54) is 16.4 Å². The van der Waals surface area contributed by atoms with Crippen molar-refractivity contribution in [2.75, 3.05) is 32.0 Å². The summed E-state index contributed by atoms with van der Waals surface area (Å²) in [5, 5.41) is 5.87. The van der Waals surface area contributed by atoms with E-state index < -0.39 is 10.0 Å². The fourth-order valence-corrected chi connectivity index (χ4v) is 4.51. The Labute approximate surface area is 142 Å². The van der Waals surface area contributed by atoms with Gasteiger partial charge >= 0.3 is 0 Å². The van der Waals surface area contributed by atoms with Crippen LogP contribution in [-0.4, -0.2) is 45.3 Å². The molecule has 1 heterocycles. The van der Waals surface area contributed by atoms with Crippen molar-refractivity contribution < 1.29 is 13.2 Å². The number of halogens is 1. The second kappa shape index (κ2) is 8.10. The third kappa shape index (κ3) is 4.67. The van der Waals surface area contributed by atoms with Crippen LogP contribution in [0.2, 0.25) is 5.02 Å². The van der Waals surface area contributed by atoms with E-state index in [4.69, 9.17) is 11.6 Å². The molecule has 2 rings (SSSR count). The first-order valence-corrected chi connectivity index (χ1v) is 9.51. The van der Waals surface area contributed by atoms with E-state index in [0.717, 1.165) is 25.8 Å². The molecule has 1 aliphatic rings. The zero-order valence-corrected chi connectivity index (χ0v) is 14.7. The van der Waals surface area contributed by atoms with Crippen LogP contribution in [0.5, 0.6) is 0 Å². The van der Waals surface area contributed by atoms with Crippen molar-refractivity contribution in [2.24, 2.45) is 0 Å². The highest BCUT2D eigenvalue weighted by atomic mass is 35.5. The third-order valence-corrected chi connectivity index (χ3v) is 6.11. The Kier molecular flexibility index (Phi) is 6.41. The Hall–Kier alpha value is -1.15. The first-order valence-electron chi connectivity index (χ1n) is 7.69. The molecule has 1 saturated heterocycles. The number of rotatable bonds is 7. The third-order valence-electron chi connectivity index (χ3n) is 3.73. The topological polar surface area (TPSA) is 78.5 Å². The van der Waals surface area contributed by atoms with Crippen LogP contribution >= 0.6 is 11.6 Å². The van der Waals surface area contributed by atoms with Crippen molar-refractivity contribution in [3.8, 4) is 0 Å². The summed E-state index contributed by atoms with van der Waals surface area (Å²) >= 11 is 6.07. The van der Waals surface area contributed by atoms with E-state index in [1.54, 1.807) is 6.07 Å². The zero-order valence-electron chi connectivity index (χ0n) is 13.1. The summed E-state index contributed by atoms with van der Waals surface area (Å²) in [6.07, 6.45) is 2.81. The Morgan fingerprint density at radius 1 is 1.30 bits per heavy atom. The fourth-order valence-electron chi connectivity index (χ4n) is 2.50. The van der Waals surface area contributed by atoms with Gasteiger partial charge in [-0.25, -0.2) is 8.42 Å². The molecule has 1 aliphatic heterocycles. The molecule has 6 nitrogen and oxygen atoms in total. The van der Waals surface area contributed by atoms with Gasteiger partial charge in [-0.2, -0.15) is 4.31 Å². The highest BCUT2D eigenvalue weighted by Gasteiger charge is 2.29. The molecule has 1 aromatic carbocycles. The molecular formula is C15H22ClN3O3S.